The third kappa shape index (κ3) is 2.13. The Morgan fingerprint density at radius 3 is 2.80 bits per heavy atom. The second-order valence-corrected chi connectivity index (χ2v) is 3.98. The molecule has 0 spiro atoms. The Balaban J connectivity index is 2.58. The molecule has 74 valence electrons. The molecule has 2 rings (SSSR count). The fourth-order valence-corrected chi connectivity index (χ4v) is 1.81. The van der Waals surface area contributed by atoms with E-state index in [-0.39, 0.29) is 0 Å². The Kier molecular flexibility index (Phi) is 2.92. The molecule has 2 aromatic rings. The molecule has 0 aliphatic rings. The van der Waals surface area contributed by atoms with Gasteiger partial charge in [-0.15, -0.1) is 0 Å². The number of hydrogen-bond acceptors (Lipinski definition) is 2. The molecule has 0 bridgehead atoms. The number of carbonyl (C=O) groups is 1. The molecule has 1 heterocycles. The lowest BCUT2D eigenvalue weighted by atomic mass is 10.1. The molecule has 0 radical (unpaired) electrons. The van der Waals surface area contributed by atoms with Gasteiger partial charge in [0, 0.05) is 16.2 Å². The SMILES string of the molecule is O=Cc1ncccc1-c1cccc(Br)c1. The van der Waals surface area contributed by atoms with Gasteiger partial charge in [0.05, 0.1) is 0 Å². The van der Waals surface area contributed by atoms with Crippen molar-refractivity contribution in [2.45, 2.75) is 0 Å². The minimum atomic E-state index is 0.468. The van der Waals surface area contributed by atoms with Crippen molar-refractivity contribution in [1.82, 2.24) is 4.98 Å². The van der Waals surface area contributed by atoms with Crippen molar-refractivity contribution in [2.75, 3.05) is 0 Å². The summed E-state index contributed by atoms with van der Waals surface area (Å²) in [5.41, 5.74) is 2.31. The van der Waals surface area contributed by atoms with Crippen LogP contribution >= 0.6 is 15.9 Å². The number of nitrogens with zero attached hydrogens (tertiary/aromatic N) is 1. The second-order valence-electron chi connectivity index (χ2n) is 3.06. The summed E-state index contributed by atoms with van der Waals surface area (Å²) in [6.07, 6.45) is 2.39. The van der Waals surface area contributed by atoms with E-state index in [0.29, 0.717) is 5.69 Å². The number of halogens is 1. The normalized spacial score (nSPS) is 9.93. The zero-order chi connectivity index (χ0) is 10.7. The van der Waals surface area contributed by atoms with Crippen LogP contribution in [0.25, 0.3) is 11.1 Å². The highest BCUT2D eigenvalue weighted by Gasteiger charge is 2.04. The molecule has 0 N–H and O–H groups in total. The summed E-state index contributed by atoms with van der Waals surface area (Å²) >= 11 is 3.40. The third-order valence-corrected chi connectivity index (χ3v) is 2.58. The van der Waals surface area contributed by atoms with Gasteiger partial charge in [-0.3, -0.25) is 9.78 Å². The van der Waals surface area contributed by atoms with E-state index in [0.717, 1.165) is 21.9 Å². The van der Waals surface area contributed by atoms with Gasteiger partial charge < -0.3 is 0 Å². The maximum atomic E-state index is 10.8. The van der Waals surface area contributed by atoms with E-state index in [1.165, 1.54) is 0 Å². The lowest BCUT2D eigenvalue weighted by Gasteiger charge is -2.03. The molecule has 3 heteroatoms. The molecule has 0 aliphatic heterocycles. The van der Waals surface area contributed by atoms with Gasteiger partial charge in [-0.1, -0.05) is 34.1 Å². The summed E-state index contributed by atoms with van der Waals surface area (Å²) < 4.78 is 0.987. The molecule has 1 aromatic carbocycles. The van der Waals surface area contributed by atoms with Gasteiger partial charge in [0.25, 0.3) is 0 Å². The predicted molar refractivity (Wildman–Crippen MR) is 62.8 cm³/mol. The van der Waals surface area contributed by atoms with Crippen molar-refractivity contribution in [1.29, 1.82) is 0 Å². The summed E-state index contributed by atoms with van der Waals surface area (Å²) in [6.45, 7) is 0. The van der Waals surface area contributed by atoms with Crippen molar-refractivity contribution >= 4 is 22.2 Å². The number of aldehydes is 1. The van der Waals surface area contributed by atoms with Crippen LogP contribution in [0.2, 0.25) is 0 Å². The van der Waals surface area contributed by atoms with Crippen LogP contribution in [0.4, 0.5) is 0 Å². The standard InChI is InChI=1S/C12H8BrNO/c13-10-4-1-3-9(7-10)11-5-2-6-14-12(11)8-15/h1-8H. The first kappa shape index (κ1) is 10.1. The molecular weight excluding hydrogens is 254 g/mol. The molecule has 0 aliphatic carbocycles. The Morgan fingerprint density at radius 2 is 2.07 bits per heavy atom. The number of aromatic nitrogens is 1. The highest BCUT2D eigenvalue weighted by molar-refractivity contribution is 9.10. The van der Waals surface area contributed by atoms with Gasteiger partial charge in [-0.05, 0) is 23.8 Å². The zero-order valence-electron chi connectivity index (χ0n) is 7.85. The first-order valence-corrected chi connectivity index (χ1v) is 5.26. The highest BCUT2D eigenvalue weighted by atomic mass is 79.9. The Morgan fingerprint density at radius 1 is 1.20 bits per heavy atom. The molecule has 0 fully saturated rings. The predicted octanol–water partition coefficient (Wildman–Crippen LogP) is 3.32. The van der Waals surface area contributed by atoms with Gasteiger partial charge in [0.15, 0.2) is 6.29 Å². The van der Waals surface area contributed by atoms with E-state index < -0.39 is 0 Å². The molecule has 0 unspecified atom stereocenters. The molecular formula is C12H8BrNO. The Labute approximate surface area is 96.1 Å². The summed E-state index contributed by atoms with van der Waals surface area (Å²) in [5.74, 6) is 0. The van der Waals surface area contributed by atoms with Gasteiger partial charge in [-0.2, -0.15) is 0 Å². The lowest BCUT2D eigenvalue weighted by molar-refractivity contribution is 0.111. The third-order valence-electron chi connectivity index (χ3n) is 2.09. The smallest absolute Gasteiger partial charge is 0.169 e. The number of benzene rings is 1. The molecule has 15 heavy (non-hydrogen) atoms. The minimum Gasteiger partial charge on any atom is -0.296 e. The van der Waals surface area contributed by atoms with Gasteiger partial charge >= 0.3 is 0 Å². The molecule has 0 atom stereocenters. The first-order valence-electron chi connectivity index (χ1n) is 4.47. The second kappa shape index (κ2) is 4.36. The number of carbonyl (C=O) groups excluding carboxylic acids is 1. The number of hydrogen-bond donors (Lipinski definition) is 0. The van der Waals surface area contributed by atoms with Crippen molar-refractivity contribution in [2.24, 2.45) is 0 Å². The molecule has 0 saturated heterocycles. The topological polar surface area (TPSA) is 30.0 Å². The quantitative estimate of drug-likeness (QED) is 0.777. The summed E-state index contributed by atoms with van der Waals surface area (Å²) in [5, 5.41) is 0. The highest BCUT2D eigenvalue weighted by Crippen LogP contribution is 2.24. The van der Waals surface area contributed by atoms with E-state index in [1.54, 1.807) is 6.20 Å². The van der Waals surface area contributed by atoms with E-state index in [4.69, 9.17) is 0 Å². The molecule has 0 saturated carbocycles. The average molecular weight is 262 g/mol. The molecule has 1 aromatic heterocycles. The summed E-state index contributed by atoms with van der Waals surface area (Å²) in [7, 11) is 0. The van der Waals surface area contributed by atoms with E-state index in [1.807, 2.05) is 36.4 Å². The van der Waals surface area contributed by atoms with Crippen LogP contribution < -0.4 is 0 Å². The number of rotatable bonds is 2. The van der Waals surface area contributed by atoms with Crippen molar-refractivity contribution in [3.05, 3.63) is 52.8 Å². The van der Waals surface area contributed by atoms with E-state index in [2.05, 4.69) is 20.9 Å². The zero-order valence-corrected chi connectivity index (χ0v) is 9.44. The average Bonchev–Trinajstić information content (AvgIpc) is 2.29. The van der Waals surface area contributed by atoms with Gasteiger partial charge in [0.1, 0.15) is 5.69 Å². The maximum Gasteiger partial charge on any atom is 0.169 e. The lowest BCUT2D eigenvalue weighted by Crippen LogP contribution is -1.90. The van der Waals surface area contributed by atoms with Crippen LogP contribution in [0.5, 0.6) is 0 Å². The van der Waals surface area contributed by atoms with Crippen LogP contribution in [-0.4, -0.2) is 11.3 Å². The van der Waals surface area contributed by atoms with Crippen molar-refractivity contribution in [3.63, 3.8) is 0 Å². The first-order chi connectivity index (χ1) is 7.31. The van der Waals surface area contributed by atoms with Crippen LogP contribution in [0.15, 0.2) is 47.1 Å². The summed E-state index contributed by atoms with van der Waals surface area (Å²) in [6, 6.07) is 11.5. The summed E-state index contributed by atoms with van der Waals surface area (Å²) in [4.78, 5) is 14.8. The maximum absolute atomic E-state index is 10.8. The fraction of sp³-hybridized carbons (Fsp3) is 0. The molecule has 2 nitrogen and oxygen atoms in total. The van der Waals surface area contributed by atoms with E-state index in [9.17, 15) is 4.79 Å². The van der Waals surface area contributed by atoms with Crippen LogP contribution in [-0.2, 0) is 0 Å². The molecule has 0 amide bonds. The van der Waals surface area contributed by atoms with Crippen molar-refractivity contribution < 1.29 is 4.79 Å². The van der Waals surface area contributed by atoms with Crippen molar-refractivity contribution in [3.8, 4) is 11.1 Å². The number of pyridine rings is 1. The van der Waals surface area contributed by atoms with Crippen LogP contribution in [0.3, 0.4) is 0 Å². The monoisotopic (exact) mass is 261 g/mol. The minimum absolute atomic E-state index is 0.468. The Bertz CT molecular complexity index is 496. The Hall–Kier alpha value is -1.48. The largest absolute Gasteiger partial charge is 0.296 e. The van der Waals surface area contributed by atoms with Gasteiger partial charge in [0.2, 0.25) is 0 Å². The van der Waals surface area contributed by atoms with Crippen LogP contribution in [0, 0.1) is 0 Å². The van der Waals surface area contributed by atoms with Crippen LogP contribution in [0.1, 0.15) is 10.5 Å². The fourth-order valence-electron chi connectivity index (χ4n) is 1.41. The van der Waals surface area contributed by atoms with Gasteiger partial charge in [-0.25, -0.2) is 0 Å². The van der Waals surface area contributed by atoms with E-state index >= 15 is 0 Å².